The molecule has 0 fully saturated rings. The molecule has 11 aromatic rings. The van der Waals surface area contributed by atoms with Crippen LogP contribution < -0.4 is 0 Å². The predicted molar refractivity (Wildman–Crippen MR) is 268 cm³/mol. The molecule has 4 nitrogen and oxygen atoms in total. The average Bonchev–Trinajstić information content (AvgIpc) is 3.36. The first-order valence-electron chi connectivity index (χ1n) is 21.7. The van der Waals surface area contributed by atoms with Crippen LogP contribution in [0.4, 0.5) is 0 Å². The first-order valence-corrected chi connectivity index (χ1v) is 21.7. The first-order chi connectivity index (χ1) is 31.6. The highest BCUT2D eigenvalue weighted by Gasteiger charge is 2.17. The van der Waals surface area contributed by atoms with Crippen LogP contribution in [-0.2, 0) is 0 Å². The Morgan fingerprint density at radius 2 is 0.656 bits per heavy atom. The monoisotopic (exact) mass is 818 g/mol. The summed E-state index contributed by atoms with van der Waals surface area (Å²) in [6, 6.07) is 72.5. The van der Waals surface area contributed by atoms with Crippen LogP contribution in [0.1, 0.15) is 18.1 Å². The minimum atomic E-state index is 0.681. The minimum Gasteiger partial charge on any atom is -0.228 e. The first kappa shape index (κ1) is 38.6. The predicted octanol–water partition coefficient (Wildman–Crippen LogP) is 15.7. The largest absolute Gasteiger partial charge is 0.228 e. The Bertz CT molecular complexity index is 3460. The SMILES string of the molecule is C/C=C\c1c(C)cccc1-c1cc(-c2cccc3ccccc23)nc(-c2ccc(-c3ccc(-c4nc(-c5cccc6ccccc56)cc(-c5cccc6ccccc56)n4)cc3)cc2)n1. The summed E-state index contributed by atoms with van der Waals surface area (Å²) in [7, 11) is 0. The highest BCUT2D eigenvalue weighted by atomic mass is 14.9. The lowest BCUT2D eigenvalue weighted by molar-refractivity contribution is 1.18. The zero-order valence-electron chi connectivity index (χ0n) is 35.6. The molecule has 0 bridgehead atoms. The van der Waals surface area contributed by atoms with E-state index < -0.39 is 0 Å². The summed E-state index contributed by atoms with van der Waals surface area (Å²) in [6.07, 6.45) is 4.26. The number of hydrogen-bond donors (Lipinski definition) is 0. The summed E-state index contributed by atoms with van der Waals surface area (Å²) >= 11 is 0. The summed E-state index contributed by atoms with van der Waals surface area (Å²) in [5.74, 6) is 1.36. The topological polar surface area (TPSA) is 51.6 Å². The molecule has 0 amide bonds. The number of aromatic nitrogens is 4. The molecule has 4 heteroatoms. The van der Waals surface area contributed by atoms with Gasteiger partial charge in [0.05, 0.1) is 22.8 Å². The third kappa shape index (κ3) is 7.21. The molecule has 64 heavy (non-hydrogen) atoms. The van der Waals surface area contributed by atoms with Gasteiger partial charge in [-0.3, -0.25) is 0 Å². The standard InChI is InChI=1S/C60H42N4/c1-3-14-47-39(2)15-10-25-51(47)55-37-56(52-26-11-19-42-16-4-7-22-48(42)52)62-59(61-55)45-33-29-40(30-34-45)41-31-35-46(36-32-41)60-63-57(53-27-12-20-43-17-5-8-23-49(43)53)38-58(64-60)54-28-13-21-44-18-6-9-24-50(44)54/h3-38H,1-2H3/b14-3-. The van der Waals surface area contributed by atoms with Crippen LogP contribution in [0.25, 0.3) is 117 Å². The van der Waals surface area contributed by atoms with E-state index in [0.717, 1.165) is 89.0 Å². The van der Waals surface area contributed by atoms with Gasteiger partial charge in [-0.15, -0.1) is 0 Å². The third-order valence-electron chi connectivity index (χ3n) is 12.2. The van der Waals surface area contributed by atoms with E-state index in [1.54, 1.807) is 0 Å². The molecule has 11 rings (SSSR count). The molecular weight excluding hydrogens is 777 g/mol. The van der Waals surface area contributed by atoms with E-state index in [2.05, 4.69) is 232 Å². The van der Waals surface area contributed by atoms with E-state index in [1.807, 2.05) is 0 Å². The van der Waals surface area contributed by atoms with Crippen LogP contribution in [-0.4, -0.2) is 19.9 Å². The number of nitrogens with zero attached hydrogens (tertiary/aromatic N) is 4. The molecule has 0 N–H and O–H groups in total. The number of rotatable bonds is 8. The molecule has 9 aromatic carbocycles. The van der Waals surface area contributed by atoms with E-state index >= 15 is 0 Å². The Labute approximate surface area is 373 Å². The molecular formula is C60H42N4. The quantitative estimate of drug-likeness (QED) is 0.153. The van der Waals surface area contributed by atoms with E-state index in [1.165, 1.54) is 21.7 Å². The molecule has 0 radical (unpaired) electrons. The number of aryl methyl sites for hydroxylation is 1. The summed E-state index contributed by atoms with van der Waals surface area (Å²) < 4.78 is 0. The van der Waals surface area contributed by atoms with Gasteiger partial charge in [-0.1, -0.05) is 206 Å². The lowest BCUT2D eigenvalue weighted by atomic mass is 9.96. The molecule has 0 unspecified atom stereocenters. The van der Waals surface area contributed by atoms with E-state index in [9.17, 15) is 0 Å². The van der Waals surface area contributed by atoms with Gasteiger partial charge >= 0.3 is 0 Å². The Morgan fingerprint density at radius 1 is 0.328 bits per heavy atom. The Morgan fingerprint density at radius 3 is 1.06 bits per heavy atom. The van der Waals surface area contributed by atoms with Crippen molar-refractivity contribution in [1.82, 2.24) is 19.9 Å². The zero-order valence-corrected chi connectivity index (χ0v) is 35.6. The number of hydrogen-bond acceptors (Lipinski definition) is 4. The van der Waals surface area contributed by atoms with Crippen molar-refractivity contribution in [1.29, 1.82) is 0 Å². The molecule has 0 aliphatic heterocycles. The van der Waals surface area contributed by atoms with Crippen molar-refractivity contribution >= 4 is 38.4 Å². The molecule has 0 aliphatic carbocycles. The van der Waals surface area contributed by atoms with E-state index in [0.29, 0.717) is 11.6 Å². The van der Waals surface area contributed by atoms with Gasteiger partial charge in [-0.05, 0) is 80.6 Å². The van der Waals surface area contributed by atoms with Gasteiger partial charge in [0.25, 0.3) is 0 Å². The summed E-state index contributed by atoms with van der Waals surface area (Å²) in [6.45, 7) is 4.21. The van der Waals surface area contributed by atoms with Gasteiger partial charge in [-0.2, -0.15) is 0 Å². The maximum atomic E-state index is 5.24. The Hall–Kier alpha value is -8.34. The minimum absolute atomic E-state index is 0.681. The van der Waals surface area contributed by atoms with Crippen molar-refractivity contribution < 1.29 is 0 Å². The van der Waals surface area contributed by atoms with Crippen LogP contribution >= 0.6 is 0 Å². The second-order valence-electron chi connectivity index (χ2n) is 16.2. The van der Waals surface area contributed by atoms with E-state index in [4.69, 9.17) is 19.9 Å². The Balaban J connectivity index is 0.975. The fraction of sp³-hybridized carbons (Fsp3) is 0.0333. The van der Waals surface area contributed by atoms with Gasteiger partial charge in [-0.25, -0.2) is 19.9 Å². The molecule has 0 aliphatic rings. The molecule has 0 saturated carbocycles. The normalized spacial score (nSPS) is 11.5. The second kappa shape index (κ2) is 16.5. The zero-order chi connectivity index (χ0) is 43.0. The van der Waals surface area contributed by atoms with Gasteiger partial charge in [0.2, 0.25) is 0 Å². The highest BCUT2D eigenvalue weighted by molar-refractivity contribution is 6.00. The molecule has 2 aromatic heterocycles. The molecule has 302 valence electrons. The number of fused-ring (bicyclic) bond motifs is 3. The van der Waals surface area contributed by atoms with Gasteiger partial charge in [0.1, 0.15) is 0 Å². The number of allylic oxidation sites excluding steroid dienone is 1. The molecule has 2 heterocycles. The van der Waals surface area contributed by atoms with Crippen molar-refractivity contribution in [2.24, 2.45) is 0 Å². The maximum Gasteiger partial charge on any atom is 0.160 e. The summed E-state index contributed by atoms with van der Waals surface area (Å²) in [5, 5.41) is 7.01. The smallest absolute Gasteiger partial charge is 0.160 e. The Kier molecular flexibility index (Phi) is 9.95. The third-order valence-corrected chi connectivity index (χ3v) is 12.2. The van der Waals surface area contributed by atoms with Crippen LogP contribution in [0.2, 0.25) is 0 Å². The summed E-state index contributed by atoms with van der Waals surface area (Å²) in [4.78, 5) is 21.0. The molecule has 0 saturated heterocycles. The van der Waals surface area contributed by atoms with Crippen LogP contribution in [0.5, 0.6) is 0 Å². The molecule has 0 spiro atoms. The van der Waals surface area contributed by atoms with Gasteiger partial charge < -0.3 is 0 Å². The van der Waals surface area contributed by atoms with Crippen molar-refractivity contribution in [2.75, 3.05) is 0 Å². The van der Waals surface area contributed by atoms with Crippen LogP contribution in [0, 0.1) is 6.92 Å². The van der Waals surface area contributed by atoms with Crippen molar-refractivity contribution in [3.05, 3.63) is 223 Å². The van der Waals surface area contributed by atoms with Crippen LogP contribution in [0.3, 0.4) is 0 Å². The van der Waals surface area contributed by atoms with Gasteiger partial charge in [0.15, 0.2) is 11.6 Å². The average molecular weight is 819 g/mol. The number of benzene rings is 9. The lowest BCUT2D eigenvalue weighted by Gasteiger charge is -2.14. The van der Waals surface area contributed by atoms with Crippen molar-refractivity contribution in [3.63, 3.8) is 0 Å². The fourth-order valence-electron chi connectivity index (χ4n) is 8.97. The highest BCUT2D eigenvalue weighted by Crippen LogP contribution is 2.37. The van der Waals surface area contributed by atoms with Gasteiger partial charge in [0, 0.05) is 33.4 Å². The van der Waals surface area contributed by atoms with E-state index in [-0.39, 0.29) is 0 Å². The summed E-state index contributed by atoms with van der Waals surface area (Å²) in [5.41, 5.74) is 14.3. The van der Waals surface area contributed by atoms with Crippen LogP contribution in [0.15, 0.2) is 212 Å². The molecule has 0 atom stereocenters. The lowest BCUT2D eigenvalue weighted by Crippen LogP contribution is -1.98. The second-order valence-corrected chi connectivity index (χ2v) is 16.2. The fourth-order valence-corrected chi connectivity index (χ4v) is 8.97. The van der Waals surface area contributed by atoms with Crippen molar-refractivity contribution in [2.45, 2.75) is 13.8 Å². The maximum absolute atomic E-state index is 5.24. The van der Waals surface area contributed by atoms with Crippen molar-refractivity contribution in [3.8, 4) is 78.9 Å².